The van der Waals surface area contributed by atoms with Gasteiger partial charge in [-0.3, -0.25) is 4.79 Å². The highest BCUT2D eigenvalue weighted by Crippen LogP contribution is 2.73. The van der Waals surface area contributed by atoms with Crippen molar-refractivity contribution in [1.29, 1.82) is 0 Å². The molecular weight excluding hydrogens is 713 g/mol. The Kier molecular flexibility index (Phi) is 10.4. The molecule has 0 bridgehead atoms. The van der Waals surface area contributed by atoms with Crippen molar-refractivity contribution in [2.45, 2.75) is 111 Å². The molecule has 4 aromatic carbocycles. The van der Waals surface area contributed by atoms with E-state index in [1.54, 1.807) is 47.8 Å². The van der Waals surface area contributed by atoms with Crippen molar-refractivity contribution in [2.75, 3.05) is 0 Å². The van der Waals surface area contributed by atoms with Gasteiger partial charge in [-0.15, -0.1) is 0 Å². The summed E-state index contributed by atoms with van der Waals surface area (Å²) in [4.78, 5) is 26.1. The van der Waals surface area contributed by atoms with Crippen molar-refractivity contribution < 1.29 is 29.3 Å². The molecule has 8 heteroatoms. The first-order valence-corrected chi connectivity index (χ1v) is 20.9. The molecule has 4 fully saturated rings. The predicted molar refractivity (Wildman–Crippen MR) is 215 cm³/mol. The molecule has 4 saturated carbocycles. The third-order valence-electron chi connectivity index (χ3n) is 13.0. The first-order chi connectivity index (χ1) is 25.7. The summed E-state index contributed by atoms with van der Waals surface area (Å²) in [6, 6.07) is 28.4. The quantitative estimate of drug-likeness (QED) is 0.154. The van der Waals surface area contributed by atoms with Gasteiger partial charge in [-0.05, 0) is 110 Å². The van der Waals surface area contributed by atoms with Crippen molar-refractivity contribution in [1.82, 2.24) is 0 Å². The van der Waals surface area contributed by atoms with Crippen molar-refractivity contribution in [3.05, 3.63) is 102 Å². The van der Waals surface area contributed by atoms with Crippen LogP contribution in [0.3, 0.4) is 0 Å². The highest BCUT2D eigenvalue weighted by Gasteiger charge is 2.76. The van der Waals surface area contributed by atoms with Crippen LogP contribution >= 0.6 is 23.5 Å². The summed E-state index contributed by atoms with van der Waals surface area (Å²) < 4.78 is 14.2. The SMILES string of the molecule is CC1CCC2C(C)(C)C2(Oc2ccc(Sc3ccc(C(=O)O)cc3)cc2OC23CC(C)CCC2C3(C)C)C1.O=Cc1cc(Sc2ccccc2)ccc1O. The number of rotatable bonds is 10. The summed E-state index contributed by atoms with van der Waals surface area (Å²) in [7, 11) is 0. The molecule has 0 aromatic heterocycles. The number of phenolic OH excluding ortho intramolecular Hbond substituents is 1. The number of carbonyl (C=O) groups is 2. The van der Waals surface area contributed by atoms with Crippen LogP contribution in [0.15, 0.2) is 111 Å². The predicted octanol–water partition coefficient (Wildman–Crippen LogP) is 12.1. The third-order valence-corrected chi connectivity index (χ3v) is 15.0. The van der Waals surface area contributed by atoms with Gasteiger partial charge in [0.2, 0.25) is 0 Å². The molecule has 0 spiro atoms. The lowest BCUT2D eigenvalue weighted by molar-refractivity contribution is 0.0574. The van der Waals surface area contributed by atoms with E-state index in [1.165, 1.54) is 31.7 Å². The molecule has 0 radical (unpaired) electrons. The number of carboxylic acid groups (broad SMARTS) is 1. The van der Waals surface area contributed by atoms with Gasteiger partial charge >= 0.3 is 5.97 Å². The molecule has 8 rings (SSSR count). The molecule has 0 amide bonds. The van der Waals surface area contributed by atoms with Gasteiger partial charge < -0.3 is 19.7 Å². The minimum absolute atomic E-state index is 0.0208. The Morgan fingerprint density at radius 1 is 0.667 bits per heavy atom. The number of hydrogen-bond donors (Lipinski definition) is 2. The Morgan fingerprint density at radius 3 is 1.72 bits per heavy atom. The molecule has 0 aliphatic heterocycles. The zero-order valence-corrected chi connectivity index (χ0v) is 33.8. The number of aromatic hydroxyl groups is 1. The Bertz CT molecular complexity index is 2010. The van der Waals surface area contributed by atoms with E-state index in [0.717, 1.165) is 43.9 Å². The van der Waals surface area contributed by atoms with E-state index >= 15 is 0 Å². The van der Waals surface area contributed by atoms with Crippen molar-refractivity contribution in [3.63, 3.8) is 0 Å². The smallest absolute Gasteiger partial charge is 0.335 e. The second kappa shape index (κ2) is 14.6. The van der Waals surface area contributed by atoms with Gasteiger partial charge in [0.05, 0.1) is 11.1 Å². The minimum atomic E-state index is -0.904. The normalized spacial score (nSPS) is 28.3. The van der Waals surface area contributed by atoms with Crippen LogP contribution in [0.2, 0.25) is 0 Å². The highest BCUT2D eigenvalue weighted by atomic mass is 32.2. The van der Waals surface area contributed by atoms with E-state index in [0.29, 0.717) is 41.1 Å². The summed E-state index contributed by atoms with van der Waals surface area (Å²) >= 11 is 3.19. The van der Waals surface area contributed by atoms with Crippen LogP contribution in [-0.2, 0) is 0 Å². The first-order valence-electron chi connectivity index (χ1n) is 19.2. The lowest BCUT2D eigenvalue weighted by atomic mass is 9.88. The van der Waals surface area contributed by atoms with Crippen LogP contribution in [0.25, 0.3) is 0 Å². The van der Waals surface area contributed by atoms with Crippen molar-refractivity contribution in [2.24, 2.45) is 34.5 Å². The zero-order valence-electron chi connectivity index (χ0n) is 32.1. The summed E-state index contributed by atoms with van der Waals surface area (Å²) in [6.45, 7) is 14.2. The second-order valence-electron chi connectivity index (χ2n) is 17.1. The molecule has 54 heavy (non-hydrogen) atoms. The topological polar surface area (TPSA) is 93.1 Å². The molecular formula is C46H52O6S2. The molecule has 0 saturated heterocycles. The van der Waals surface area contributed by atoms with Gasteiger partial charge in [0.25, 0.3) is 0 Å². The van der Waals surface area contributed by atoms with Crippen molar-refractivity contribution >= 4 is 35.8 Å². The number of carbonyl (C=O) groups excluding carboxylic acids is 1. The van der Waals surface area contributed by atoms with E-state index in [1.807, 2.05) is 42.5 Å². The van der Waals surface area contributed by atoms with Crippen molar-refractivity contribution in [3.8, 4) is 17.2 Å². The number of hydrogen-bond acceptors (Lipinski definition) is 7. The van der Waals surface area contributed by atoms with Gasteiger partial charge in [0.1, 0.15) is 17.0 Å². The Labute approximate surface area is 328 Å². The fourth-order valence-electron chi connectivity index (χ4n) is 9.70. The monoisotopic (exact) mass is 764 g/mol. The number of aromatic carboxylic acids is 1. The van der Waals surface area contributed by atoms with E-state index in [-0.39, 0.29) is 27.8 Å². The number of phenols is 1. The Hall–Kier alpha value is -3.88. The Balaban J connectivity index is 0.000000235. The summed E-state index contributed by atoms with van der Waals surface area (Å²) in [5.74, 6) is 3.38. The molecule has 6 unspecified atom stereocenters. The summed E-state index contributed by atoms with van der Waals surface area (Å²) in [6.07, 6.45) is 7.88. The second-order valence-corrected chi connectivity index (χ2v) is 19.4. The van der Waals surface area contributed by atoms with Gasteiger partial charge in [0, 0.05) is 42.2 Å². The van der Waals surface area contributed by atoms with Gasteiger partial charge in [-0.1, -0.05) is 96.1 Å². The first kappa shape index (κ1) is 38.4. The molecule has 0 heterocycles. The van der Waals surface area contributed by atoms with Crippen LogP contribution in [-0.4, -0.2) is 33.7 Å². The number of benzene rings is 4. The lowest BCUT2D eigenvalue weighted by Crippen LogP contribution is -2.33. The van der Waals surface area contributed by atoms with Crippen LogP contribution in [0.4, 0.5) is 0 Å². The van der Waals surface area contributed by atoms with Crippen LogP contribution in [0.1, 0.15) is 101 Å². The molecule has 4 aliphatic carbocycles. The molecule has 6 nitrogen and oxygen atoms in total. The maximum Gasteiger partial charge on any atom is 0.335 e. The maximum atomic E-state index is 11.3. The standard InChI is InChI=1S/C33H42O4S.C13H10O2S/c1-20-7-15-27-30(3,4)32(27,18-20)36-25-14-13-24(38-23-11-9-22(10-12-23)29(34)35)17-26(25)37-33-19-21(2)8-16-28(33)31(33,5)6;14-9-10-8-12(6-7-13(10)15)16-11-4-2-1-3-5-11/h9-14,17,20-21,27-28H,7-8,15-16,18-19H2,1-6H3,(H,34,35);1-9,15H. The van der Waals surface area contributed by atoms with Crippen LogP contribution in [0.5, 0.6) is 17.2 Å². The summed E-state index contributed by atoms with van der Waals surface area (Å²) in [5, 5.41) is 18.6. The molecule has 4 aromatic rings. The van der Waals surface area contributed by atoms with E-state index < -0.39 is 5.97 Å². The van der Waals surface area contributed by atoms with Gasteiger partial charge in [-0.25, -0.2) is 4.79 Å². The third kappa shape index (κ3) is 7.16. The lowest BCUT2D eigenvalue weighted by Gasteiger charge is -2.33. The average Bonchev–Trinajstić information content (AvgIpc) is 3.83. The molecule has 284 valence electrons. The highest BCUT2D eigenvalue weighted by molar-refractivity contribution is 7.99. The maximum absolute atomic E-state index is 11.3. The van der Waals surface area contributed by atoms with Gasteiger partial charge in [0.15, 0.2) is 17.8 Å². The Morgan fingerprint density at radius 2 is 1.17 bits per heavy atom. The zero-order chi connectivity index (χ0) is 38.5. The van der Waals surface area contributed by atoms with E-state index in [4.69, 9.17) is 9.47 Å². The minimum Gasteiger partial charge on any atom is -0.507 e. The van der Waals surface area contributed by atoms with Crippen LogP contribution < -0.4 is 9.47 Å². The average molecular weight is 765 g/mol. The summed E-state index contributed by atoms with van der Waals surface area (Å²) in [5.41, 5.74) is 0.709. The fourth-order valence-corrected chi connectivity index (χ4v) is 11.4. The van der Waals surface area contributed by atoms with Gasteiger partial charge in [-0.2, -0.15) is 0 Å². The van der Waals surface area contributed by atoms with Crippen LogP contribution in [0, 0.1) is 34.5 Å². The number of aldehydes is 1. The number of carboxylic acids is 1. The molecule has 6 atom stereocenters. The van der Waals surface area contributed by atoms with E-state index in [9.17, 15) is 19.8 Å². The van der Waals surface area contributed by atoms with E-state index in [2.05, 4.69) is 59.7 Å². The molecule has 2 N–H and O–H groups in total. The fraction of sp³-hybridized carbons (Fsp3) is 0.435. The largest absolute Gasteiger partial charge is 0.507 e. The number of fused-ring (bicyclic) bond motifs is 2. The number of ether oxygens (including phenoxy) is 2. The molecule has 4 aliphatic rings.